The zero-order valence-electron chi connectivity index (χ0n) is 35.6. The first-order valence-corrected chi connectivity index (χ1v) is 21.0. The minimum absolute atomic E-state index is 0.0227. The number of anilines is 5. The van der Waals surface area contributed by atoms with E-state index in [9.17, 15) is 9.59 Å². The average molecular weight is 838 g/mol. The van der Waals surface area contributed by atoms with Crippen molar-refractivity contribution in [3.63, 3.8) is 0 Å². The van der Waals surface area contributed by atoms with Gasteiger partial charge in [0.2, 0.25) is 16.7 Å². The minimum atomic E-state index is -0.454. The van der Waals surface area contributed by atoms with Gasteiger partial charge < -0.3 is 42.6 Å². The topological polar surface area (TPSA) is 195 Å². The number of hydrogen-bond acceptors (Lipinski definition) is 10. The van der Waals surface area contributed by atoms with Gasteiger partial charge in [-0.25, -0.2) is 15.0 Å². The molecule has 1 unspecified atom stereocenters. The van der Waals surface area contributed by atoms with Crippen LogP contribution < -0.4 is 42.2 Å². The van der Waals surface area contributed by atoms with E-state index in [1.807, 2.05) is 88.4 Å². The van der Waals surface area contributed by atoms with Crippen molar-refractivity contribution in [1.82, 2.24) is 30.9 Å². The molecular weight excluding hydrogens is 789 g/mol. The Bertz CT molecular complexity index is 3030. The van der Waals surface area contributed by atoms with Crippen LogP contribution in [0.1, 0.15) is 44.6 Å². The van der Waals surface area contributed by atoms with E-state index in [2.05, 4.69) is 89.3 Å². The van der Waals surface area contributed by atoms with Crippen LogP contribution in [0, 0.1) is 20.8 Å². The van der Waals surface area contributed by atoms with Crippen molar-refractivity contribution < 1.29 is 14.2 Å². The molecule has 0 saturated heterocycles. The number of nitrogens with two attached hydrogens (primary N) is 2. The fraction of sp³-hybridized carbons (Fsp3) is 0.184. The molecule has 9 N–H and O–H groups in total. The number of H-pyrrole nitrogens is 1. The number of nitrogen functional groups attached to an aromatic ring is 2. The molecule has 0 radical (unpaired) electrons. The Morgan fingerprint density at radius 2 is 1.40 bits per heavy atom. The van der Waals surface area contributed by atoms with Crippen molar-refractivity contribution in [2.45, 2.75) is 33.7 Å². The average Bonchev–Trinajstić information content (AvgIpc) is 3.78. The summed E-state index contributed by atoms with van der Waals surface area (Å²) in [6.07, 6.45) is 5.61. The number of nitrogens with one attached hydrogen (secondary N) is 5. The number of carbonyl (C=O) groups is 2. The fourth-order valence-electron chi connectivity index (χ4n) is 8.20. The number of rotatable bonds is 12. The standard InChI is InChI=1S/C49H48N12O2/c1-28-19-38-42(23-34(28)50)60(32-11-7-5-8-12-32)44-25-36(30(3)21-40(44)58-38)52-15-17-54-48(62)46-47(57-27-56-46)49(63)55-18-16-53-37-26-45-41(22-31(37)4)59-39-20-29(2)35(51)24-43(39)61(45)33-13-9-6-10-14-33/h5-14,19-27,44,52H,15-18,50H2,1-4H3,(H5,51,53,54,55,56,57,62,63)/p+1. The Balaban J connectivity index is 0.823. The summed E-state index contributed by atoms with van der Waals surface area (Å²) < 4.78 is 2.17. The van der Waals surface area contributed by atoms with Gasteiger partial charge in [0.05, 0.1) is 29.5 Å². The number of aliphatic imine (C=N–C) groups is 1. The van der Waals surface area contributed by atoms with Crippen molar-refractivity contribution in [3.8, 4) is 5.69 Å². The van der Waals surface area contributed by atoms with Crippen molar-refractivity contribution in [2.24, 2.45) is 4.99 Å². The highest BCUT2D eigenvalue weighted by atomic mass is 16.2. The Kier molecular flexibility index (Phi) is 10.8. The summed E-state index contributed by atoms with van der Waals surface area (Å²) >= 11 is 0. The van der Waals surface area contributed by atoms with Gasteiger partial charge in [0.1, 0.15) is 16.7 Å². The molecule has 9 rings (SSSR count). The number of imidazole rings is 1. The third kappa shape index (κ3) is 7.89. The molecule has 63 heavy (non-hydrogen) atoms. The van der Waals surface area contributed by atoms with Crippen LogP contribution in [-0.4, -0.2) is 64.7 Å². The number of para-hydroxylation sites is 2. The highest BCUT2D eigenvalue weighted by Gasteiger charge is 2.33. The molecule has 316 valence electrons. The first kappa shape index (κ1) is 40.4. The van der Waals surface area contributed by atoms with Crippen LogP contribution >= 0.6 is 0 Å². The van der Waals surface area contributed by atoms with Crippen LogP contribution in [0.25, 0.3) is 27.8 Å². The zero-order chi connectivity index (χ0) is 43.8. The van der Waals surface area contributed by atoms with Gasteiger partial charge in [-0.15, -0.1) is 4.57 Å². The van der Waals surface area contributed by atoms with Gasteiger partial charge in [-0.1, -0.05) is 36.4 Å². The maximum atomic E-state index is 13.3. The second-order valence-corrected chi connectivity index (χ2v) is 15.9. The highest BCUT2D eigenvalue weighted by Crippen LogP contribution is 2.44. The molecule has 1 aliphatic carbocycles. The maximum Gasteiger partial charge on any atom is 0.272 e. The van der Waals surface area contributed by atoms with E-state index in [0.29, 0.717) is 37.6 Å². The summed E-state index contributed by atoms with van der Waals surface area (Å²) in [5.41, 5.74) is 28.4. The van der Waals surface area contributed by atoms with E-state index in [4.69, 9.17) is 21.4 Å². The van der Waals surface area contributed by atoms with E-state index < -0.39 is 11.8 Å². The molecule has 5 aromatic carbocycles. The number of fused-ring (bicyclic) bond motifs is 4. The molecule has 1 aliphatic heterocycles. The molecule has 2 amide bonds. The quantitative estimate of drug-likeness (QED) is 0.0301. The van der Waals surface area contributed by atoms with Crippen LogP contribution in [0.5, 0.6) is 0 Å². The number of benzene rings is 5. The van der Waals surface area contributed by atoms with Crippen LogP contribution in [-0.2, 0) is 0 Å². The number of aryl methyl sites for hydroxylation is 3. The summed E-state index contributed by atoms with van der Waals surface area (Å²) in [5, 5.41) is 12.8. The zero-order valence-corrected chi connectivity index (χ0v) is 35.6. The summed E-state index contributed by atoms with van der Waals surface area (Å²) in [4.78, 5) is 46.0. The minimum Gasteiger partial charge on any atom is -0.398 e. The van der Waals surface area contributed by atoms with E-state index in [1.54, 1.807) is 0 Å². The van der Waals surface area contributed by atoms with Crippen molar-refractivity contribution >= 4 is 73.7 Å². The molecule has 1 atom stereocenters. The Morgan fingerprint density at radius 1 is 0.746 bits per heavy atom. The van der Waals surface area contributed by atoms with Gasteiger partial charge in [0.25, 0.3) is 11.8 Å². The fourth-order valence-corrected chi connectivity index (χ4v) is 8.20. The van der Waals surface area contributed by atoms with Crippen LogP contribution in [0.3, 0.4) is 0 Å². The van der Waals surface area contributed by atoms with E-state index in [-0.39, 0.29) is 17.4 Å². The number of aromatic amines is 1. The molecular formula is C49H49N12O2+. The molecule has 7 aromatic rings. The summed E-state index contributed by atoms with van der Waals surface area (Å²) in [5.74, 6) is -0.887. The molecule has 0 saturated carbocycles. The first-order valence-electron chi connectivity index (χ1n) is 21.0. The lowest BCUT2D eigenvalue weighted by atomic mass is 9.93. The van der Waals surface area contributed by atoms with Crippen molar-refractivity contribution in [1.29, 1.82) is 0 Å². The molecule has 2 aromatic heterocycles. The SMILES string of the molecule is CC1=CC2=Nc3cc(C)c(N)cc3N(c3ccccc3)C2C=C1NCCNC(=O)c1nc[nH]c1C(=O)NCCNc1cc2c(cc1C)nc1cc(C)c(N)cc1[n+]2-c1ccccc1. The molecule has 3 heterocycles. The van der Waals surface area contributed by atoms with Gasteiger partial charge >= 0.3 is 0 Å². The third-order valence-electron chi connectivity index (χ3n) is 11.6. The maximum absolute atomic E-state index is 13.3. The molecule has 2 aliphatic rings. The second kappa shape index (κ2) is 16.8. The van der Waals surface area contributed by atoms with E-state index >= 15 is 0 Å². The van der Waals surface area contributed by atoms with Crippen LogP contribution in [0.4, 0.5) is 34.1 Å². The molecule has 14 heteroatoms. The predicted molar refractivity (Wildman–Crippen MR) is 251 cm³/mol. The number of hydrogen-bond donors (Lipinski definition) is 7. The number of allylic oxidation sites excluding steroid dienone is 1. The molecule has 0 spiro atoms. The Hall–Kier alpha value is -8.00. The summed E-state index contributed by atoms with van der Waals surface area (Å²) in [7, 11) is 0. The number of aromatic nitrogens is 4. The normalized spacial score (nSPS) is 14.3. The predicted octanol–water partition coefficient (Wildman–Crippen LogP) is 6.78. The Labute approximate surface area is 364 Å². The Morgan fingerprint density at radius 3 is 2.16 bits per heavy atom. The lowest BCUT2D eigenvalue weighted by Gasteiger charge is -2.39. The van der Waals surface area contributed by atoms with Gasteiger partial charge in [0.15, 0.2) is 5.69 Å². The number of nitrogens with zero attached hydrogens (tertiary/aromatic N) is 5. The van der Waals surface area contributed by atoms with Gasteiger partial charge in [-0.05, 0) is 98.5 Å². The van der Waals surface area contributed by atoms with E-state index in [0.717, 1.165) is 84.2 Å². The lowest BCUT2D eigenvalue weighted by Crippen LogP contribution is -2.41. The van der Waals surface area contributed by atoms with Crippen LogP contribution in [0.15, 0.2) is 132 Å². The smallest absolute Gasteiger partial charge is 0.272 e. The first-order chi connectivity index (χ1) is 30.5. The molecule has 0 fully saturated rings. The second-order valence-electron chi connectivity index (χ2n) is 15.9. The number of carbonyl (C=O) groups excluding carboxylic acids is 2. The summed E-state index contributed by atoms with van der Waals surface area (Å²) in [6.45, 7) is 9.50. The molecule has 0 bridgehead atoms. The van der Waals surface area contributed by atoms with Gasteiger partial charge in [-0.2, -0.15) is 0 Å². The van der Waals surface area contributed by atoms with Crippen molar-refractivity contribution in [2.75, 3.05) is 47.9 Å². The van der Waals surface area contributed by atoms with E-state index in [1.165, 1.54) is 6.33 Å². The van der Waals surface area contributed by atoms with Gasteiger partial charge in [0, 0.05) is 78.9 Å². The van der Waals surface area contributed by atoms with Crippen molar-refractivity contribution in [3.05, 3.63) is 155 Å². The van der Waals surface area contributed by atoms with Crippen LogP contribution in [0.2, 0.25) is 0 Å². The largest absolute Gasteiger partial charge is 0.398 e. The van der Waals surface area contributed by atoms with Gasteiger partial charge in [-0.3, -0.25) is 9.59 Å². The number of amides is 2. The lowest BCUT2D eigenvalue weighted by molar-refractivity contribution is -0.538. The molecule has 14 nitrogen and oxygen atoms in total. The highest BCUT2D eigenvalue weighted by molar-refractivity contribution is 6.11. The summed E-state index contributed by atoms with van der Waals surface area (Å²) in [6, 6.07) is 32.3. The monoisotopic (exact) mass is 837 g/mol. The third-order valence-corrected chi connectivity index (χ3v) is 11.6.